The van der Waals surface area contributed by atoms with Gasteiger partial charge < -0.3 is 20.5 Å². The maximum Gasteiger partial charge on any atom is 0.407 e. The molecule has 1 saturated carbocycles. The smallest absolute Gasteiger partial charge is 0.407 e. The molecule has 7 heteroatoms. The van der Waals surface area contributed by atoms with Crippen LogP contribution in [0.2, 0.25) is 0 Å². The highest BCUT2D eigenvalue weighted by atomic mass is 16.5. The second kappa shape index (κ2) is 11.4. The van der Waals surface area contributed by atoms with Gasteiger partial charge in [0.25, 0.3) is 0 Å². The number of amides is 2. The van der Waals surface area contributed by atoms with Crippen molar-refractivity contribution >= 4 is 18.0 Å². The van der Waals surface area contributed by atoms with Gasteiger partial charge in [0.05, 0.1) is 6.42 Å². The Morgan fingerprint density at radius 2 is 1.69 bits per heavy atom. The van der Waals surface area contributed by atoms with E-state index < -0.39 is 12.1 Å². The Kier molecular flexibility index (Phi) is 8.06. The number of ether oxygens (including phenoxy) is 1. The average Bonchev–Trinajstić information content (AvgIpc) is 3.16. The number of carboxylic acid groups (broad SMARTS) is 1. The molecule has 0 saturated heterocycles. The minimum absolute atomic E-state index is 0.00256. The van der Waals surface area contributed by atoms with E-state index in [0.29, 0.717) is 12.8 Å². The molecule has 7 nitrogen and oxygen atoms in total. The van der Waals surface area contributed by atoms with Gasteiger partial charge in [-0.3, -0.25) is 9.59 Å². The van der Waals surface area contributed by atoms with E-state index in [9.17, 15) is 14.4 Å². The molecular formula is C28H34N2O5. The third-order valence-corrected chi connectivity index (χ3v) is 7.12. The van der Waals surface area contributed by atoms with Crippen molar-refractivity contribution in [2.45, 2.75) is 69.9 Å². The maximum atomic E-state index is 12.8. The molecule has 0 spiro atoms. The lowest BCUT2D eigenvalue weighted by Crippen LogP contribution is -2.45. The predicted molar refractivity (Wildman–Crippen MR) is 133 cm³/mol. The number of carboxylic acids is 1. The fourth-order valence-corrected chi connectivity index (χ4v) is 5.47. The van der Waals surface area contributed by atoms with E-state index in [1.165, 1.54) is 22.3 Å². The van der Waals surface area contributed by atoms with Gasteiger partial charge in [0.1, 0.15) is 6.61 Å². The zero-order valence-electron chi connectivity index (χ0n) is 20.2. The summed E-state index contributed by atoms with van der Waals surface area (Å²) in [5.74, 6) is -1.27. The van der Waals surface area contributed by atoms with Crippen LogP contribution in [0.25, 0.3) is 11.1 Å². The Bertz CT molecular complexity index is 1020. The lowest BCUT2D eigenvalue weighted by molar-refractivity contribution is -0.138. The number of alkyl carbamates (subject to hydrolysis) is 1. The molecule has 2 aliphatic rings. The van der Waals surface area contributed by atoms with E-state index in [1.807, 2.05) is 31.2 Å². The summed E-state index contributed by atoms with van der Waals surface area (Å²) in [5, 5.41) is 15.0. The van der Waals surface area contributed by atoms with E-state index in [4.69, 9.17) is 9.84 Å². The summed E-state index contributed by atoms with van der Waals surface area (Å²) in [6.45, 7) is 2.22. The molecule has 4 rings (SSSR count). The van der Waals surface area contributed by atoms with Crippen molar-refractivity contribution in [1.29, 1.82) is 0 Å². The van der Waals surface area contributed by atoms with Crippen LogP contribution in [0.3, 0.4) is 0 Å². The third kappa shape index (κ3) is 6.02. The van der Waals surface area contributed by atoms with Crippen LogP contribution in [-0.4, -0.2) is 41.8 Å². The van der Waals surface area contributed by atoms with Gasteiger partial charge in [-0.2, -0.15) is 0 Å². The lowest BCUT2D eigenvalue weighted by atomic mass is 9.85. The highest BCUT2D eigenvalue weighted by Gasteiger charge is 2.31. The molecule has 0 aromatic heterocycles. The monoisotopic (exact) mass is 478 g/mol. The van der Waals surface area contributed by atoms with Gasteiger partial charge in [-0.25, -0.2) is 4.79 Å². The standard InChI is InChI=1S/C28H34N2O5/c1-2-8-19(16-26(31)32)29-27(33)18-9-7-10-20(15-18)30-28(34)35-17-25-23-13-5-3-11-21(23)22-12-4-6-14-24(22)25/h3-6,11-14,18-20,25H,2,7-10,15-17H2,1H3,(H,29,33)(H,30,34)(H,31,32)/t18?,19-,20?/m0/s1. The van der Waals surface area contributed by atoms with E-state index in [-0.39, 0.29) is 42.9 Å². The molecule has 0 aliphatic heterocycles. The van der Waals surface area contributed by atoms with Gasteiger partial charge in [-0.1, -0.05) is 68.3 Å². The SMILES string of the molecule is CCC[C@@H](CC(=O)O)NC(=O)C1CCCC(NC(=O)OCC2c3ccccc3-c3ccccc32)C1. The summed E-state index contributed by atoms with van der Waals surface area (Å²) in [5.41, 5.74) is 4.70. The summed E-state index contributed by atoms with van der Waals surface area (Å²) in [6, 6.07) is 15.9. The number of hydrogen-bond acceptors (Lipinski definition) is 4. The van der Waals surface area contributed by atoms with Crippen molar-refractivity contribution in [1.82, 2.24) is 10.6 Å². The van der Waals surface area contributed by atoms with Crippen LogP contribution in [0.15, 0.2) is 48.5 Å². The van der Waals surface area contributed by atoms with Crippen LogP contribution in [0.4, 0.5) is 4.79 Å². The Hall–Kier alpha value is -3.35. The van der Waals surface area contributed by atoms with Gasteiger partial charge >= 0.3 is 12.1 Å². The molecule has 3 atom stereocenters. The molecule has 2 unspecified atom stereocenters. The molecule has 186 valence electrons. The minimum atomic E-state index is -0.915. The van der Waals surface area contributed by atoms with Crippen LogP contribution >= 0.6 is 0 Å². The fourth-order valence-electron chi connectivity index (χ4n) is 5.47. The first kappa shape index (κ1) is 24.8. The zero-order valence-corrected chi connectivity index (χ0v) is 20.2. The third-order valence-electron chi connectivity index (χ3n) is 7.12. The highest BCUT2D eigenvalue weighted by molar-refractivity contribution is 5.80. The predicted octanol–water partition coefficient (Wildman–Crippen LogP) is 4.84. The summed E-state index contributed by atoms with van der Waals surface area (Å²) >= 11 is 0. The Morgan fingerprint density at radius 1 is 1.03 bits per heavy atom. The van der Waals surface area contributed by atoms with Crippen molar-refractivity contribution < 1.29 is 24.2 Å². The van der Waals surface area contributed by atoms with Crippen LogP contribution in [0.5, 0.6) is 0 Å². The molecular weight excluding hydrogens is 444 g/mol. The number of fused-ring (bicyclic) bond motifs is 3. The first-order valence-corrected chi connectivity index (χ1v) is 12.6. The number of rotatable bonds is 9. The number of aliphatic carboxylic acids is 1. The summed E-state index contributed by atoms with van der Waals surface area (Å²) in [4.78, 5) is 36.5. The molecule has 3 N–H and O–H groups in total. The van der Waals surface area contributed by atoms with Crippen LogP contribution in [0.1, 0.15) is 68.9 Å². The van der Waals surface area contributed by atoms with Crippen molar-refractivity contribution in [3.05, 3.63) is 59.7 Å². The molecule has 0 radical (unpaired) electrons. The fraction of sp³-hybridized carbons (Fsp3) is 0.464. The van der Waals surface area contributed by atoms with Crippen LogP contribution in [0, 0.1) is 5.92 Å². The molecule has 2 amide bonds. The summed E-state index contributed by atoms with van der Waals surface area (Å²) in [7, 11) is 0. The van der Waals surface area contributed by atoms with Crippen molar-refractivity contribution in [3.63, 3.8) is 0 Å². The molecule has 2 aliphatic carbocycles. The quantitative estimate of drug-likeness (QED) is 0.478. The number of nitrogens with one attached hydrogen (secondary N) is 2. The molecule has 1 fully saturated rings. The topological polar surface area (TPSA) is 105 Å². The summed E-state index contributed by atoms with van der Waals surface area (Å²) in [6.07, 6.45) is 3.77. The lowest BCUT2D eigenvalue weighted by Gasteiger charge is -2.30. The molecule has 2 aromatic rings. The number of benzene rings is 2. The van der Waals surface area contributed by atoms with Gasteiger partial charge in [-0.15, -0.1) is 0 Å². The Balaban J connectivity index is 1.30. The second-order valence-corrected chi connectivity index (χ2v) is 9.62. The number of carbonyl (C=O) groups is 3. The van der Waals surface area contributed by atoms with E-state index in [1.54, 1.807) is 0 Å². The molecule has 2 aromatic carbocycles. The first-order chi connectivity index (χ1) is 17.0. The van der Waals surface area contributed by atoms with Crippen molar-refractivity contribution in [2.75, 3.05) is 6.61 Å². The van der Waals surface area contributed by atoms with E-state index in [0.717, 1.165) is 25.7 Å². The Labute approximate surface area is 206 Å². The van der Waals surface area contributed by atoms with Crippen molar-refractivity contribution in [3.8, 4) is 11.1 Å². The van der Waals surface area contributed by atoms with Crippen LogP contribution in [-0.2, 0) is 14.3 Å². The van der Waals surface area contributed by atoms with E-state index in [2.05, 4.69) is 34.9 Å². The normalized spacial score (nSPS) is 19.8. The summed E-state index contributed by atoms with van der Waals surface area (Å²) < 4.78 is 5.66. The Morgan fingerprint density at radius 3 is 2.31 bits per heavy atom. The average molecular weight is 479 g/mol. The maximum absolute atomic E-state index is 12.8. The van der Waals surface area contributed by atoms with Crippen LogP contribution < -0.4 is 10.6 Å². The zero-order chi connectivity index (χ0) is 24.8. The largest absolute Gasteiger partial charge is 0.481 e. The minimum Gasteiger partial charge on any atom is -0.481 e. The first-order valence-electron chi connectivity index (χ1n) is 12.6. The van der Waals surface area contributed by atoms with Gasteiger partial charge in [-0.05, 0) is 47.9 Å². The van der Waals surface area contributed by atoms with Crippen molar-refractivity contribution in [2.24, 2.45) is 5.92 Å². The van der Waals surface area contributed by atoms with Gasteiger partial charge in [0, 0.05) is 23.9 Å². The molecule has 0 bridgehead atoms. The highest BCUT2D eigenvalue weighted by Crippen LogP contribution is 2.44. The number of carbonyl (C=O) groups excluding carboxylic acids is 2. The molecule has 0 heterocycles. The molecule has 35 heavy (non-hydrogen) atoms. The van der Waals surface area contributed by atoms with Gasteiger partial charge in [0.15, 0.2) is 0 Å². The second-order valence-electron chi connectivity index (χ2n) is 9.62. The van der Waals surface area contributed by atoms with E-state index >= 15 is 0 Å². The number of hydrogen-bond donors (Lipinski definition) is 3. The van der Waals surface area contributed by atoms with Gasteiger partial charge in [0.2, 0.25) is 5.91 Å².